The van der Waals surface area contributed by atoms with Crippen molar-refractivity contribution in [1.82, 2.24) is 15.5 Å². The van der Waals surface area contributed by atoms with Crippen molar-refractivity contribution in [3.05, 3.63) is 36.0 Å². The fourth-order valence-electron chi connectivity index (χ4n) is 4.55. The SMILES string of the molecule is CC(NC(=O)C1CC2CCCC(C1)C2N)c1nc(-c2cccc(F)c2)no1. The summed E-state index contributed by atoms with van der Waals surface area (Å²) < 4.78 is 18.7. The topological polar surface area (TPSA) is 94.0 Å². The van der Waals surface area contributed by atoms with Crippen molar-refractivity contribution in [2.45, 2.75) is 51.1 Å². The van der Waals surface area contributed by atoms with Crippen molar-refractivity contribution < 1.29 is 13.7 Å². The van der Waals surface area contributed by atoms with Crippen LogP contribution in [0.4, 0.5) is 4.39 Å². The van der Waals surface area contributed by atoms with Gasteiger partial charge in [-0.25, -0.2) is 4.39 Å². The molecular formula is C20H25FN4O2. The third-order valence-electron chi connectivity index (χ3n) is 6.04. The second-order valence-electron chi connectivity index (χ2n) is 7.89. The number of carbonyl (C=O) groups is 1. The molecule has 0 radical (unpaired) electrons. The maximum atomic E-state index is 13.4. The maximum Gasteiger partial charge on any atom is 0.249 e. The Morgan fingerprint density at radius 2 is 2.07 bits per heavy atom. The van der Waals surface area contributed by atoms with Crippen LogP contribution >= 0.6 is 0 Å². The Labute approximate surface area is 157 Å². The molecule has 2 aliphatic rings. The molecule has 1 heterocycles. The third-order valence-corrected chi connectivity index (χ3v) is 6.04. The summed E-state index contributed by atoms with van der Waals surface area (Å²) in [7, 11) is 0. The number of fused-ring (bicyclic) bond motifs is 2. The molecule has 2 saturated carbocycles. The maximum absolute atomic E-state index is 13.4. The fraction of sp³-hybridized carbons (Fsp3) is 0.550. The first-order valence-electron chi connectivity index (χ1n) is 9.66. The Kier molecular flexibility index (Phi) is 4.95. The molecule has 27 heavy (non-hydrogen) atoms. The van der Waals surface area contributed by atoms with Gasteiger partial charge < -0.3 is 15.6 Å². The molecule has 0 aliphatic heterocycles. The normalized spacial score (nSPS) is 28.6. The van der Waals surface area contributed by atoms with Crippen LogP contribution in [0.2, 0.25) is 0 Å². The van der Waals surface area contributed by atoms with Crippen LogP contribution in [-0.4, -0.2) is 22.1 Å². The molecule has 3 atom stereocenters. The predicted molar refractivity (Wildman–Crippen MR) is 97.8 cm³/mol. The van der Waals surface area contributed by atoms with E-state index in [0.29, 0.717) is 29.1 Å². The first-order valence-corrected chi connectivity index (χ1v) is 9.66. The van der Waals surface area contributed by atoms with E-state index in [-0.39, 0.29) is 23.7 Å². The minimum atomic E-state index is -0.400. The summed E-state index contributed by atoms with van der Waals surface area (Å²) in [5, 5.41) is 6.90. The molecule has 1 amide bonds. The van der Waals surface area contributed by atoms with Crippen LogP contribution in [0.5, 0.6) is 0 Å². The molecule has 4 rings (SSSR count). The molecular weight excluding hydrogens is 347 g/mol. The zero-order valence-corrected chi connectivity index (χ0v) is 15.4. The van der Waals surface area contributed by atoms with Crippen molar-refractivity contribution in [2.24, 2.45) is 23.5 Å². The highest BCUT2D eigenvalue weighted by molar-refractivity contribution is 5.79. The Balaban J connectivity index is 1.40. The second-order valence-corrected chi connectivity index (χ2v) is 7.89. The van der Waals surface area contributed by atoms with Gasteiger partial charge in [0.25, 0.3) is 0 Å². The monoisotopic (exact) mass is 372 g/mol. The molecule has 2 aliphatic carbocycles. The van der Waals surface area contributed by atoms with Crippen LogP contribution in [0, 0.1) is 23.6 Å². The van der Waals surface area contributed by atoms with E-state index in [1.54, 1.807) is 12.1 Å². The van der Waals surface area contributed by atoms with Crippen LogP contribution in [0.15, 0.2) is 28.8 Å². The van der Waals surface area contributed by atoms with Gasteiger partial charge in [0.05, 0.1) is 0 Å². The lowest BCUT2D eigenvalue weighted by Crippen LogP contribution is -2.49. The Morgan fingerprint density at radius 3 is 2.78 bits per heavy atom. The number of nitrogens with one attached hydrogen (secondary N) is 1. The first-order chi connectivity index (χ1) is 13.0. The smallest absolute Gasteiger partial charge is 0.249 e. The minimum Gasteiger partial charge on any atom is -0.344 e. The lowest BCUT2D eigenvalue weighted by molar-refractivity contribution is -0.128. The van der Waals surface area contributed by atoms with Gasteiger partial charge in [0.15, 0.2) is 0 Å². The van der Waals surface area contributed by atoms with Crippen LogP contribution in [0.25, 0.3) is 11.4 Å². The van der Waals surface area contributed by atoms with Gasteiger partial charge in [-0.1, -0.05) is 23.7 Å². The van der Waals surface area contributed by atoms with Gasteiger partial charge in [-0.3, -0.25) is 4.79 Å². The number of amides is 1. The zero-order valence-electron chi connectivity index (χ0n) is 15.4. The zero-order chi connectivity index (χ0) is 19.0. The molecule has 2 fully saturated rings. The number of aromatic nitrogens is 2. The van der Waals surface area contributed by atoms with Crippen LogP contribution < -0.4 is 11.1 Å². The largest absolute Gasteiger partial charge is 0.344 e. The molecule has 144 valence electrons. The number of hydrogen-bond acceptors (Lipinski definition) is 5. The van der Waals surface area contributed by atoms with Gasteiger partial charge in [-0.2, -0.15) is 4.98 Å². The minimum absolute atomic E-state index is 0.00633. The molecule has 3 N–H and O–H groups in total. The highest BCUT2D eigenvalue weighted by Gasteiger charge is 2.40. The van der Waals surface area contributed by atoms with E-state index in [1.165, 1.54) is 18.6 Å². The molecule has 2 bridgehead atoms. The van der Waals surface area contributed by atoms with Crippen molar-refractivity contribution in [1.29, 1.82) is 0 Å². The number of carbonyl (C=O) groups excluding carboxylic acids is 1. The number of nitrogens with two attached hydrogens (primary N) is 1. The highest BCUT2D eigenvalue weighted by atomic mass is 19.1. The van der Waals surface area contributed by atoms with E-state index >= 15 is 0 Å². The van der Waals surface area contributed by atoms with Crippen LogP contribution in [0.1, 0.15) is 51.0 Å². The summed E-state index contributed by atoms with van der Waals surface area (Å²) >= 11 is 0. The lowest BCUT2D eigenvalue weighted by Gasteiger charge is -2.43. The molecule has 0 spiro atoms. The predicted octanol–water partition coefficient (Wildman–Crippen LogP) is 3.21. The van der Waals surface area contributed by atoms with E-state index in [4.69, 9.17) is 10.3 Å². The average molecular weight is 372 g/mol. The second kappa shape index (κ2) is 7.38. The van der Waals surface area contributed by atoms with E-state index in [1.807, 2.05) is 6.92 Å². The van der Waals surface area contributed by atoms with Crippen LogP contribution in [-0.2, 0) is 4.79 Å². The van der Waals surface area contributed by atoms with E-state index < -0.39 is 6.04 Å². The molecule has 6 nitrogen and oxygen atoms in total. The van der Waals surface area contributed by atoms with E-state index in [9.17, 15) is 9.18 Å². The quantitative estimate of drug-likeness (QED) is 0.859. The summed E-state index contributed by atoms with van der Waals surface area (Å²) in [5.74, 6) is 1.18. The Morgan fingerprint density at radius 1 is 1.33 bits per heavy atom. The summed E-state index contributed by atoms with van der Waals surface area (Å²) in [4.78, 5) is 17.1. The Hall–Kier alpha value is -2.28. The fourth-order valence-corrected chi connectivity index (χ4v) is 4.55. The standard InChI is InChI=1S/C20H25FN4O2/c1-11(20-24-18(25-27-20)14-6-3-7-16(21)10-14)23-19(26)15-8-12-4-2-5-13(9-15)17(12)22/h3,6-7,10-13,15,17H,2,4-5,8-9,22H2,1H3,(H,23,26). The number of halogens is 1. The van der Waals surface area contributed by atoms with Gasteiger partial charge in [0.1, 0.15) is 11.9 Å². The highest BCUT2D eigenvalue weighted by Crippen LogP contribution is 2.42. The number of hydrogen-bond donors (Lipinski definition) is 2. The van der Waals surface area contributed by atoms with Crippen molar-refractivity contribution in [2.75, 3.05) is 0 Å². The van der Waals surface area contributed by atoms with E-state index in [0.717, 1.165) is 25.7 Å². The van der Waals surface area contributed by atoms with Gasteiger partial charge in [-0.15, -0.1) is 0 Å². The van der Waals surface area contributed by atoms with Crippen molar-refractivity contribution in [3.63, 3.8) is 0 Å². The average Bonchev–Trinajstić information content (AvgIpc) is 3.11. The molecule has 1 aromatic carbocycles. The molecule has 3 unspecified atom stereocenters. The van der Waals surface area contributed by atoms with Gasteiger partial charge in [-0.05, 0) is 56.6 Å². The molecule has 0 saturated heterocycles. The number of rotatable bonds is 4. The first kappa shape index (κ1) is 18.1. The van der Waals surface area contributed by atoms with Crippen molar-refractivity contribution in [3.8, 4) is 11.4 Å². The summed E-state index contributed by atoms with van der Waals surface area (Å²) in [6, 6.07) is 5.86. The third kappa shape index (κ3) is 3.74. The summed E-state index contributed by atoms with van der Waals surface area (Å²) in [5.41, 5.74) is 6.86. The molecule has 1 aromatic heterocycles. The number of benzene rings is 1. The van der Waals surface area contributed by atoms with Gasteiger partial charge >= 0.3 is 0 Å². The molecule has 7 heteroatoms. The lowest BCUT2D eigenvalue weighted by atomic mass is 9.65. The van der Waals surface area contributed by atoms with Crippen LogP contribution in [0.3, 0.4) is 0 Å². The summed E-state index contributed by atoms with van der Waals surface area (Å²) in [6.45, 7) is 1.82. The Bertz CT molecular complexity index is 810. The summed E-state index contributed by atoms with van der Waals surface area (Å²) in [6.07, 6.45) is 5.18. The van der Waals surface area contributed by atoms with Crippen molar-refractivity contribution >= 4 is 5.91 Å². The van der Waals surface area contributed by atoms with Gasteiger partial charge in [0.2, 0.25) is 17.6 Å². The van der Waals surface area contributed by atoms with Gasteiger partial charge in [0, 0.05) is 17.5 Å². The number of nitrogens with zero attached hydrogens (tertiary/aromatic N) is 2. The van der Waals surface area contributed by atoms with E-state index in [2.05, 4.69) is 15.5 Å². The molecule has 2 aromatic rings.